The molecule has 0 aliphatic heterocycles. The first kappa shape index (κ1) is 19.0. The summed E-state index contributed by atoms with van der Waals surface area (Å²) < 4.78 is 3.58. The van der Waals surface area contributed by atoms with Crippen LogP contribution in [-0.2, 0) is 18.4 Å². The summed E-state index contributed by atoms with van der Waals surface area (Å²) in [6.07, 6.45) is 5.38. The third-order valence-corrected chi connectivity index (χ3v) is 5.05. The number of nitrogens with zero attached hydrogens (tertiary/aromatic N) is 1. The molecular weight excluding hydrogens is 360 g/mol. The summed E-state index contributed by atoms with van der Waals surface area (Å²) >= 11 is 3.64. The number of rotatable bonds is 7. The van der Waals surface area contributed by atoms with Crippen LogP contribution < -0.4 is 5.32 Å². The van der Waals surface area contributed by atoms with E-state index in [9.17, 15) is 0 Å². The molecular formula is C21H29BrN2. The van der Waals surface area contributed by atoms with Crippen LogP contribution in [-0.4, -0.2) is 18.2 Å². The highest BCUT2D eigenvalue weighted by Gasteiger charge is 2.27. The van der Waals surface area contributed by atoms with E-state index in [0.717, 1.165) is 24.0 Å². The number of likely N-dealkylation sites (N-methyl/N-ethyl adjacent to an activating group) is 1. The average Bonchev–Trinajstić information content (AvgIpc) is 2.84. The van der Waals surface area contributed by atoms with Crippen molar-refractivity contribution in [2.24, 2.45) is 0 Å². The Hall–Kier alpha value is -1.32. The van der Waals surface area contributed by atoms with Crippen molar-refractivity contribution < 1.29 is 0 Å². The maximum Gasteiger partial charge on any atom is 0.0499 e. The summed E-state index contributed by atoms with van der Waals surface area (Å²) in [6, 6.07) is 6.62. The van der Waals surface area contributed by atoms with Crippen molar-refractivity contribution in [3.63, 3.8) is 0 Å². The lowest BCUT2D eigenvalue weighted by Crippen LogP contribution is -2.22. The van der Waals surface area contributed by atoms with Crippen molar-refractivity contribution in [1.29, 1.82) is 0 Å². The summed E-state index contributed by atoms with van der Waals surface area (Å²) in [5, 5.41) is 4.64. The van der Waals surface area contributed by atoms with Crippen molar-refractivity contribution in [2.45, 2.75) is 46.1 Å². The molecule has 3 heteroatoms. The van der Waals surface area contributed by atoms with Gasteiger partial charge in [-0.1, -0.05) is 53.6 Å². The summed E-state index contributed by atoms with van der Waals surface area (Å²) in [6.45, 7) is 14.8. The van der Waals surface area contributed by atoms with Gasteiger partial charge >= 0.3 is 0 Å². The van der Waals surface area contributed by atoms with Gasteiger partial charge in [0.15, 0.2) is 0 Å². The fourth-order valence-corrected chi connectivity index (χ4v) is 3.54. The number of allylic oxidation sites excluding steroid dienone is 3. The Morgan fingerprint density at radius 2 is 2.04 bits per heavy atom. The maximum atomic E-state index is 4.10. The van der Waals surface area contributed by atoms with Crippen LogP contribution >= 0.6 is 15.9 Å². The fourth-order valence-electron chi connectivity index (χ4n) is 3.19. The molecule has 1 aromatic heterocycles. The van der Waals surface area contributed by atoms with Crippen LogP contribution in [0.25, 0.3) is 10.9 Å². The minimum absolute atomic E-state index is 0.0793. The first-order valence-electron chi connectivity index (χ1n) is 8.54. The monoisotopic (exact) mass is 388 g/mol. The topological polar surface area (TPSA) is 17.0 Å². The zero-order valence-electron chi connectivity index (χ0n) is 15.5. The van der Waals surface area contributed by atoms with Gasteiger partial charge in [0.05, 0.1) is 0 Å². The summed E-state index contributed by atoms with van der Waals surface area (Å²) in [7, 11) is 2.01. The second-order valence-electron chi connectivity index (χ2n) is 7.16. The highest BCUT2D eigenvalue weighted by atomic mass is 79.9. The smallest absolute Gasteiger partial charge is 0.0499 e. The highest BCUT2D eigenvalue weighted by Crippen LogP contribution is 2.37. The Morgan fingerprint density at radius 3 is 2.62 bits per heavy atom. The molecule has 1 N–H and O–H groups in total. The van der Waals surface area contributed by atoms with Gasteiger partial charge in [0.2, 0.25) is 0 Å². The van der Waals surface area contributed by atoms with Gasteiger partial charge in [-0.3, -0.25) is 0 Å². The average molecular weight is 389 g/mol. The van der Waals surface area contributed by atoms with E-state index >= 15 is 0 Å². The molecule has 24 heavy (non-hydrogen) atoms. The number of hydrogen-bond acceptors (Lipinski definition) is 1. The number of halogens is 1. The first-order valence-corrected chi connectivity index (χ1v) is 9.33. The number of aromatic nitrogens is 1. The molecule has 0 unspecified atom stereocenters. The zero-order valence-corrected chi connectivity index (χ0v) is 17.1. The fraction of sp³-hybridized carbons (Fsp3) is 0.429. The summed E-state index contributed by atoms with van der Waals surface area (Å²) in [4.78, 5) is 0. The van der Waals surface area contributed by atoms with E-state index in [1.165, 1.54) is 27.7 Å². The standard InChI is InChI=1S/C21H29BrN2/c1-7-21(4,5)20-18(10-12-23-6)17-9-8-16(22)14-19(17)24(20)13-11-15(2)3/h7-9,11,14,23H,1,10,12-13H2,2-6H3. The van der Waals surface area contributed by atoms with E-state index in [1.54, 1.807) is 0 Å². The van der Waals surface area contributed by atoms with Crippen molar-refractivity contribution >= 4 is 26.8 Å². The second-order valence-corrected chi connectivity index (χ2v) is 8.08. The van der Waals surface area contributed by atoms with Gasteiger partial charge in [0, 0.05) is 33.0 Å². The van der Waals surface area contributed by atoms with Crippen molar-refractivity contribution in [3.8, 4) is 0 Å². The number of benzene rings is 1. The first-order chi connectivity index (χ1) is 11.3. The Labute approximate surface area is 154 Å². The van der Waals surface area contributed by atoms with E-state index < -0.39 is 0 Å². The number of nitrogens with one attached hydrogen (secondary N) is 1. The molecule has 2 nitrogen and oxygen atoms in total. The third kappa shape index (κ3) is 3.84. The molecule has 2 aromatic rings. The third-order valence-electron chi connectivity index (χ3n) is 4.56. The molecule has 1 heterocycles. The van der Waals surface area contributed by atoms with Crippen molar-refractivity contribution in [1.82, 2.24) is 9.88 Å². The van der Waals surface area contributed by atoms with E-state index in [4.69, 9.17) is 0 Å². The molecule has 0 amide bonds. The predicted octanol–water partition coefficient (Wildman–Crippen LogP) is 5.60. The van der Waals surface area contributed by atoms with Crippen LogP contribution in [0.2, 0.25) is 0 Å². The Morgan fingerprint density at radius 1 is 1.33 bits per heavy atom. The van der Waals surface area contributed by atoms with Crippen molar-refractivity contribution in [2.75, 3.05) is 13.6 Å². The zero-order chi connectivity index (χ0) is 17.9. The molecule has 0 aliphatic rings. The lowest BCUT2D eigenvalue weighted by atomic mass is 9.85. The second kappa shape index (κ2) is 7.71. The van der Waals surface area contributed by atoms with Gasteiger partial charge in [0.25, 0.3) is 0 Å². The van der Waals surface area contributed by atoms with Crippen molar-refractivity contribution in [3.05, 3.63) is 58.2 Å². The van der Waals surface area contributed by atoms with Gasteiger partial charge in [-0.05, 0) is 51.6 Å². The van der Waals surface area contributed by atoms with Crippen LogP contribution in [0, 0.1) is 0 Å². The molecule has 2 rings (SSSR count). The quantitative estimate of drug-likeness (QED) is 0.611. The largest absolute Gasteiger partial charge is 0.340 e. The molecule has 130 valence electrons. The molecule has 1 aromatic carbocycles. The molecule has 0 saturated carbocycles. The molecule has 0 bridgehead atoms. The predicted molar refractivity (Wildman–Crippen MR) is 110 cm³/mol. The summed E-state index contributed by atoms with van der Waals surface area (Å²) in [5.41, 5.74) is 5.35. The lowest BCUT2D eigenvalue weighted by Gasteiger charge is -2.25. The normalized spacial score (nSPS) is 11.8. The van der Waals surface area contributed by atoms with Crippen LogP contribution in [0.15, 0.2) is 47.0 Å². The lowest BCUT2D eigenvalue weighted by molar-refractivity contribution is 0.589. The molecule has 0 fully saturated rings. The Balaban J connectivity index is 2.81. The van der Waals surface area contributed by atoms with E-state index in [-0.39, 0.29) is 5.41 Å². The van der Waals surface area contributed by atoms with Crippen LogP contribution in [0.5, 0.6) is 0 Å². The van der Waals surface area contributed by atoms with Crippen LogP contribution in [0.4, 0.5) is 0 Å². The Bertz CT molecular complexity index is 762. The SMILES string of the molecule is C=CC(C)(C)c1c(CCNC)c2ccc(Br)cc2n1CC=C(C)C. The van der Waals surface area contributed by atoms with Gasteiger partial charge < -0.3 is 9.88 Å². The van der Waals surface area contributed by atoms with Crippen LogP contribution in [0.1, 0.15) is 39.0 Å². The minimum atomic E-state index is -0.0793. The van der Waals surface area contributed by atoms with Gasteiger partial charge in [-0.2, -0.15) is 0 Å². The molecule has 0 saturated heterocycles. The van der Waals surface area contributed by atoms with E-state index in [1.807, 2.05) is 7.05 Å². The van der Waals surface area contributed by atoms with E-state index in [0.29, 0.717) is 0 Å². The Kier molecular flexibility index (Phi) is 6.11. The highest BCUT2D eigenvalue weighted by molar-refractivity contribution is 9.10. The van der Waals surface area contributed by atoms with Crippen LogP contribution in [0.3, 0.4) is 0 Å². The molecule has 0 spiro atoms. The van der Waals surface area contributed by atoms with Gasteiger partial charge in [-0.15, -0.1) is 6.58 Å². The molecule has 0 atom stereocenters. The molecule has 0 radical (unpaired) electrons. The maximum absolute atomic E-state index is 4.10. The van der Waals surface area contributed by atoms with Gasteiger partial charge in [-0.25, -0.2) is 0 Å². The minimum Gasteiger partial charge on any atom is -0.340 e. The molecule has 0 aliphatic carbocycles. The number of fused-ring (bicyclic) bond motifs is 1. The van der Waals surface area contributed by atoms with E-state index in [2.05, 4.69) is 90.4 Å². The van der Waals surface area contributed by atoms with Gasteiger partial charge in [0.1, 0.15) is 0 Å². The number of hydrogen-bond donors (Lipinski definition) is 1. The summed E-state index contributed by atoms with van der Waals surface area (Å²) in [5.74, 6) is 0.